The van der Waals surface area contributed by atoms with Crippen LogP contribution in [0.2, 0.25) is 13.1 Å². The number of aromatic nitrogens is 1. The summed E-state index contributed by atoms with van der Waals surface area (Å²) in [5, 5.41) is 2.66. The van der Waals surface area contributed by atoms with Gasteiger partial charge in [0, 0.05) is 71.2 Å². The molecule has 0 saturated carbocycles. The van der Waals surface area contributed by atoms with Gasteiger partial charge in [-0.3, -0.25) is 0 Å². The Morgan fingerprint density at radius 3 is 1.59 bits per heavy atom. The van der Waals surface area contributed by atoms with Crippen LogP contribution in [0, 0.1) is 41.5 Å². The van der Waals surface area contributed by atoms with Crippen LogP contribution in [0.25, 0.3) is 37.9 Å². The summed E-state index contributed by atoms with van der Waals surface area (Å²) in [4.78, 5) is 9.13. The molecule has 0 fully saturated rings. The van der Waals surface area contributed by atoms with Crippen molar-refractivity contribution in [2.75, 3.05) is 25.4 Å². The standard InChI is InChI=1S/C25H26N.C22H51N2P2Si.C5H12.Zr/c1-14-10-16(3)22(17(4)11-14)20-8-7-9-21-23-18(5)12-15(2)13-19(6)24(23)26-25(20)21;1-18(2)25(19(3)4)16-14-24(27(12,13)23-22(9,10)11)15-17-26(20(5)6)21(7)8;1-3-5-4-2;/h7-13,26H,1-6H3;18-21H,14-17H2,1-13H3;3-5H2,1-2H3;/q+1;-1;;. The van der Waals surface area contributed by atoms with Crippen LogP contribution in [-0.2, 0) is 26.2 Å². The van der Waals surface area contributed by atoms with Crippen molar-refractivity contribution in [3.8, 4) is 11.1 Å². The van der Waals surface area contributed by atoms with Crippen molar-refractivity contribution in [3.05, 3.63) is 80.8 Å². The number of hydrogen-bond acceptors (Lipinski definition) is 1. The van der Waals surface area contributed by atoms with Gasteiger partial charge in [-0.25, -0.2) is 0 Å². The van der Waals surface area contributed by atoms with Crippen LogP contribution in [0.4, 0.5) is 0 Å². The first-order valence-electron chi connectivity index (χ1n) is 22.8. The molecule has 59 heavy (non-hydrogen) atoms. The van der Waals surface area contributed by atoms with E-state index in [0.717, 1.165) is 22.6 Å². The Labute approximate surface area is 388 Å². The van der Waals surface area contributed by atoms with Crippen LogP contribution >= 0.6 is 15.8 Å². The summed E-state index contributed by atoms with van der Waals surface area (Å²) in [6, 6.07) is 15.8. The molecule has 7 heteroatoms. The maximum Gasteiger partial charge on any atom is 0.161 e. The average molecular weight is 938 g/mol. The third kappa shape index (κ3) is 17.0. The summed E-state index contributed by atoms with van der Waals surface area (Å²) in [6.45, 7) is 51.3. The van der Waals surface area contributed by atoms with Crippen molar-refractivity contribution in [2.24, 2.45) is 0 Å². The largest absolute Gasteiger partial charge is 0.647 e. The summed E-state index contributed by atoms with van der Waals surface area (Å²) >= 11 is 0. The molecule has 1 N–H and O–H groups in total. The van der Waals surface area contributed by atoms with Gasteiger partial charge in [0.2, 0.25) is 0 Å². The molecule has 3 aromatic carbocycles. The van der Waals surface area contributed by atoms with E-state index in [9.17, 15) is 0 Å². The van der Waals surface area contributed by atoms with Gasteiger partial charge < -0.3 is 14.5 Å². The molecule has 0 aliphatic rings. The Balaban J connectivity index is 0.000000521. The number of benzene rings is 2. The molecule has 0 spiro atoms. The van der Waals surface area contributed by atoms with Gasteiger partial charge in [-0.15, -0.1) is 21.4 Å². The molecule has 3 nitrogen and oxygen atoms in total. The number of fused-ring (bicyclic) bond motifs is 3. The van der Waals surface area contributed by atoms with E-state index in [1.54, 1.807) is 0 Å². The topological polar surface area (TPSA) is 33.1 Å². The summed E-state index contributed by atoms with van der Waals surface area (Å²) in [5.41, 5.74) is 16.4. The number of para-hydroxylation sites is 1. The second kappa shape index (κ2) is 25.5. The van der Waals surface area contributed by atoms with E-state index in [1.165, 1.54) is 111 Å². The number of aromatic amines is 1. The molecule has 0 saturated heterocycles. The maximum atomic E-state index is 5.36. The fourth-order valence-corrected chi connectivity index (χ4v) is 18.1. The first-order valence-corrected chi connectivity index (χ1v) is 29.0. The van der Waals surface area contributed by atoms with Gasteiger partial charge in [-0.05, 0) is 98.5 Å². The number of aryl methyl sites for hydroxylation is 6. The minimum absolute atomic E-state index is 0. The Morgan fingerprint density at radius 2 is 1.19 bits per heavy atom. The predicted molar refractivity (Wildman–Crippen MR) is 276 cm³/mol. The van der Waals surface area contributed by atoms with Gasteiger partial charge in [-0.1, -0.05) is 152 Å². The Morgan fingerprint density at radius 1 is 0.729 bits per heavy atom. The fourth-order valence-electron chi connectivity index (χ4n) is 9.21. The molecule has 0 unspecified atom stereocenters. The third-order valence-electron chi connectivity index (χ3n) is 11.5. The molecule has 0 aliphatic heterocycles. The Hall–Kier alpha value is -0.790. The quantitative estimate of drug-likeness (QED) is 0.0719. The van der Waals surface area contributed by atoms with E-state index < -0.39 is 8.40 Å². The number of H-pyrrole nitrogens is 1. The third-order valence-corrected chi connectivity index (χ3v) is 21.4. The molecule has 0 aliphatic carbocycles. The summed E-state index contributed by atoms with van der Waals surface area (Å²) < 4.78 is 2.85. The van der Waals surface area contributed by atoms with E-state index in [2.05, 4.69) is 197 Å². The number of nitrogens with one attached hydrogen (secondary N) is 1. The van der Waals surface area contributed by atoms with Crippen molar-refractivity contribution in [1.82, 2.24) is 9.55 Å². The van der Waals surface area contributed by atoms with Crippen molar-refractivity contribution in [1.29, 1.82) is 0 Å². The number of hydrogen-bond donors (Lipinski definition) is 1. The molecule has 1 aromatic heterocycles. The van der Waals surface area contributed by atoms with Crippen LogP contribution in [0.15, 0.2) is 42.5 Å². The Bertz CT molecular complexity index is 1810. The molecule has 0 radical (unpaired) electrons. The average Bonchev–Trinajstić information content (AvgIpc) is 3.43. The zero-order valence-corrected chi connectivity index (χ0v) is 47.3. The summed E-state index contributed by atoms with van der Waals surface area (Å²) in [7, 11) is -1.56. The van der Waals surface area contributed by atoms with Crippen molar-refractivity contribution < 1.29 is 26.2 Å². The smallest absolute Gasteiger partial charge is 0.161 e. The summed E-state index contributed by atoms with van der Waals surface area (Å²) in [6.07, 6.45) is 6.83. The number of rotatable bonds is 15. The van der Waals surface area contributed by atoms with Crippen molar-refractivity contribution >= 4 is 46.0 Å². The molecule has 4 aromatic rings. The Kier molecular flexibility index (Phi) is 24.3. The molecular weight excluding hydrogens is 848 g/mol. The fraction of sp³-hybridized carbons (Fsp3) is 0.635. The van der Waals surface area contributed by atoms with Gasteiger partial charge in [-0.2, -0.15) is 0 Å². The molecule has 0 amide bonds. The van der Waals surface area contributed by atoms with Crippen LogP contribution < -0.4 is 0 Å². The van der Waals surface area contributed by atoms with Crippen molar-refractivity contribution in [3.63, 3.8) is 0 Å². The van der Waals surface area contributed by atoms with E-state index in [0.29, 0.717) is 0 Å². The second-order valence-corrected chi connectivity index (χ2v) is 30.7. The normalized spacial score (nSPS) is 12.3. The number of unbranched alkanes of at least 4 members (excludes halogenated alkanes) is 2. The van der Waals surface area contributed by atoms with Crippen LogP contribution in [0.1, 0.15) is 143 Å². The van der Waals surface area contributed by atoms with E-state index in [-0.39, 0.29) is 47.6 Å². The zero-order valence-electron chi connectivity index (χ0n) is 42.1. The molecular formula is C52H89N3P2SiZr. The second-order valence-electron chi connectivity index (χ2n) is 19.7. The maximum absolute atomic E-state index is 5.36. The zero-order chi connectivity index (χ0) is 44.3. The van der Waals surface area contributed by atoms with Crippen LogP contribution in [0.3, 0.4) is 0 Å². The predicted octanol–water partition coefficient (Wildman–Crippen LogP) is 17.1. The van der Waals surface area contributed by atoms with Gasteiger partial charge in [0.15, 0.2) is 5.52 Å². The van der Waals surface area contributed by atoms with Gasteiger partial charge in [0.05, 0.1) is 22.5 Å². The first-order chi connectivity index (χ1) is 26.9. The molecule has 4 rings (SSSR count). The van der Waals surface area contributed by atoms with Gasteiger partial charge in [0.1, 0.15) is 5.39 Å². The van der Waals surface area contributed by atoms with Crippen molar-refractivity contribution in [2.45, 2.75) is 192 Å². The van der Waals surface area contributed by atoms with Gasteiger partial charge in [0.25, 0.3) is 0 Å². The molecule has 0 atom stereocenters. The van der Waals surface area contributed by atoms with E-state index in [4.69, 9.17) is 4.98 Å². The molecule has 1 heterocycles. The SMILES string of the molecule is CC(C)P(CCN(CCP(C(C)C)C(C)C)[Si](C)(C)[N-]C(C)(C)C)C(C)C.CCCCC.Cc1cc(C)c(-c2cccc3c2[nH]c2c3c(C)cc(C)c[c+]2C)c(C)c1.[Zr]. The first kappa shape index (κ1) is 56.2. The van der Waals surface area contributed by atoms with E-state index >= 15 is 0 Å². The number of nitrogens with zero attached hydrogens (tertiary/aromatic N) is 2. The minimum atomic E-state index is -1.76. The monoisotopic (exact) mass is 936 g/mol. The van der Waals surface area contributed by atoms with Crippen LogP contribution in [-0.4, -0.2) is 71.5 Å². The minimum Gasteiger partial charge on any atom is -0.647 e. The van der Waals surface area contributed by atoms with E-state index in [1.807, 2.05) is 0 Å². The van der Waals surface area contributed by atoms with Gasteiger partial charge >= 0.3 is 0 Å². The molecule has 330 valence electrons. The van der Waals surface area contributed by atoms with Crippen LogP contribution in [0.5, 0.6) is 0 Å². The summed E-state index contributed by atoms with van der Waals surface area (Å²) in [5.74, 6) is 0. The molecule has 0 bridgehead atoms.